The standard InChI is InChI=1S/C29H31NO4S/c1-4-5-6-17-34-23-15-11-21(12-16-23)27(31)25-26(24-8-7-18-35-24)30(29(33)28(25)32)22-13-9-20(10-14-22)19(2)3/h7-16,18-19,26,31H,4-6,17H2,1-3H3/b27-25-. The van der Waals surface area contributed by atoms with Crippen molar-refractivity contribution in [1.82, 2.24) is 0 Å². The molecular formula is C29H31NO4S. The Kier molecular flexibility index (Phi) is 7.71. The van der Waals surface area contributed by atoms with E-state index in [1.165, 1.54) is 16.2 Å². The second kappa shape index (κ2) is 10.9. The summed E-state index contributed by atoms with van der Waals surface area (Å²) in [5, 5.41) is 13.1. The predicted molar refractivity (Wildman–Crippen MR) is 141 cm³/mol. The Labute approximate surface area is 210 Å². The van der Waals surface area contributed by atoms with Gasteiger partial charge in [0.15, 0.2) is 0 Å². The van der Waals surface area contributed by atoms with Crippen molar-refractivity contribution in [2.75, 3.05) is 11.5 Å². The van der Waals surface area contributed by atoms with Crippen molar-refractivity contribution in [3.05, 3.63) is 87.6 Å². The molecule has 1 N–H and O–H groups in total. The summed E-state index contributed by atoms with van der Waals surface area (Å²) in [5.74, 6) is -0.447. The molecule has 2 heterocycles. The van der Waals surface area contributed by atoms with Crippen LogP contribution in [0, 0.1) is 0 Å². The number of unbranched alkanes of at least 4 members (excludes halogenated alkanes) is 2. The fourth-order valence-corrected chi connectivity index (χ4v) is 5.06. The van der Waals surface area contributed by atoms with Gasteiger partial charge in [-0.1, -0.05) is 51.8 Å². The zero-order chi connectivity index (χ0) is 24.9. The average Bonchev–Trinajstić information content (AvgIpc) is 3.49. The minimum absolute atomic E-state index is 0.0991. The maximum absolute atomic E-state index is 13.2. The number of rotatable bonds is 9. The molecule has 0 spiro atoms. The molecule has 1 aliphatic rings. The number of anilines is 1. The monoisotopic (exact) mass is 489 g/mol. The summed E-state index contributed by atoms with van der Waals surface area (Å²) < 4.78 is 5.76. The molecular weight excluding hydrogens is 458 g/mol. The van der Waals surface area contributed by atoms with Crippen LogP contribution in [0.2, 0.25) is 0 Å². The fourth-order valence-electron chi connectivity index (χ4n) is 4.24. The largest absolute Gasteiger partial charge is 0.507 e. The van der Waals surface area contributed by atoms with Gasteiger partial charge in [-0.15, -0.1) is 11.3 Å². The Hall–Kier alpha value is -3.38. The first kappa shape index (κ1) is 24.7. The number of Topliss-reactive ketones (excluding diaryl/α,β-unsaturated/α-hetero) is 1. The summed E-state index contributed by atoms with van der Waals surface area (Å²) in [5.41, 5.74) is 2.35. The minimum atomic E-state index is -0.690. The highest BCUT2D eigenvalue weighted by Crippen LogP contribution is 2.43. The van der Waals surface area contributed by atoms with E-state index in [1.54, 1.807) is 24.3 Å². The quantitative estimate of drug-likeness (QED) is 0.151. The molecule has 1 fully saturated rings. The third-order valence-electron chi connectivity index (χ3n) is 6.24. The lowest BCUT2D eigenvalue weighted by Gasteiger charge is -2.24. The number of hydrogen-bond donors (Lipinski definition) is 1. The van der Waals surface area contributed by atoms with E-state index in [0.717, 1.165) is 29.7 Å². The maximum Gasteiger partial charge on any atom is 0.300 e. The molecule has 1 amide bonds. The summed E-state index contributed by atoms with van der Waals surface area (Å²) in [6.07, 6.45) is 3.23. The van der Waals surface area contributed by atoms with Crippen LogP contribution >= 0.6 is 11.3 Å². The molecule has 0 radical (unpaired) electrons. The molecule has 3 aromatic rings. The second-order valence-electron chi connectivity index (χ2n) is 9.01. The van der Waals surface area contributed by atoms with Crippen LogP contribution < -0.4 is 9.64 Å². The third-order valence-corrected chi connectivity index (χ3v) is 7.16. The predicted octanol–water partition coefficient (Wildman–Crippen LogP) is 7.07. The van der Waals surface area contributed by atoms with Gasteiger partial charge >= 0.3 is 0 Å². The van der Waals surface area contributed by atoms with E-state index in [2.05, 4.69) is 20.8 Å². The highest BCUT2D eigenvalue weighted by atomic mass is 32.1. The molecule has 5 nitrogen and oxygen atoms in total. The Balaban J connectivity index is 1.70. The number of nitrogens with zero attached hydrogens (tertiary/aromatic N) is 1. The smallest absolute Gasteiger partial charge is 0.300 e. The zero-order valence-corrected chi connectivity index (χ0v) is 21.2. The van der Waals surface area contributed by atoms with E-state index in [-0.39, 0.29) is 11.3 Å². The topological polar surface area (TPSA) is 66.8 Å². The van der Waals surface area contributed by atoms with E-state index < -0.39 is 17.7 Å². The van der Waals surface area contributed by atoms with Crippen LogP contribution in [0.1, 0.15) is 68.0 Å². The number of ether oxygens (including phenoxy) is 1. The highest BCUT2D eigenvalue weighted by molar-refractivity contribution is 7.10. The summed E-state index contributed by atoms with van der Waals surface area (Å²) in [4.78, 5) is 28.8. The molecule has 1 unspecified atom stereocenters. The maximum atomic E-state index is 13.2. The van der Waals surface area contributed by atoms with Gasteiger partial charge in [-0.25, -0.2) is 0 Å². The van der Waals surface area contributed by atoms with Crippen molar-refractivity contribution in [3.8, 4) is 5.75 Å². The first-order valence-electron chi connectivity index (χ1n) is 12.1. The van der Waals surface area contributed by atoms with Gasteiger partial charge in [-0.05, 0) is 65.7 Å². The minimum Gasteiger partial charge on any atom is -0.507 e. The van der Waals surface area contributed by atoms with Crippen molar-refractivity contribution in [3.63, 3.8) is 0 Å². The Morgan fingerprint density at radius 1 is 1.03 bits per heavy atom. The van der Waals surface area contributed by atoms with E-state index >= 15 is 0 Å². The molecule has 0 bridgehead atoms. The number of aliphatic hydroxyl groups excluding tert-OH is 1. The van der Waals surface area contributed by atoms with E-state index in [9.17, 15) is 14.7 Å². The van der Waals surface area contributed by atoms with Gasteiger partial charge in [0.1, 0.15) is 17.6 Å². The van der Waals surface area contributed by atoms with Crippen molar-refractivity contribution < 1.29 is 19.4 Å². The normalized spacial score (nSPS) is 17.4. The molecule has 1 aromatic heterocycles. The first-order chi connectivity index (χ1) is 16.9. The summed E-state index contributed by atoms with van der Waals surface area (Å²) in [6, 6.07) is 17.8. The van der Waals surface area contributed by atoms with Crippen LogP contribution in [0.5, 0.6) is 5.75 Å². The van der Waals surface area contributed by atoms with Crippen molar-refractivity contribution >= 4 is 34.5 Å². The van der Waals surface area contributed by atoms with E-state index in [1.807, 2.05) is 41.8 Å². The summed E-state index contributed by atoms with van der Waals surface area (Å²) in [7, 11) is 0. The number of aliphatic hydroxyl groups is 1. The van der Waals surface area contributed by atoms with Gasteiger partial charge in [0.2, 0.25) is 0 Å². The number of ketones is 1. The van der Waals surface area contributed by atoms with Gasteiger partial charge in [0, 0.05) is 16.1 Å². The second-order valence-corrected chi connectivity index (χ2v) is 9.99. The molecule has 1 aliphatic heterocycles. The molecule has 2 aromatic carbocycles. The van der Waals surface area contributed by atoms with Crippen LogP contribution in [-0.4, -0.2) is 23.4 Å². The number of amides is 1. The zero-order valence-electron chi connectivity index (χ0n) is 20.4. The summed E-state index contributed by atoms with van der Waals surface area (Å²) >= 11 is 1.45. The molecule has 6 heteroatoms. The Morgan fingerprint density at radius 2 is 1.74 bits per heavy atom. The van der Waals surface area contributed by atoms with Gasteiger partial charge in [-0.3, -0.25) is 14.5 Å². The number of benzene rings is 2. The highest BCUT2D eigenvalue weighted by Gasteiger charge is 2.47. The van der Waals surface area contributed by atoms with Crippen molar-refractivity contribution in [1.29, 1.82) is 0 Å². The lowest BCUT2D eigenvalue weighted by Crippen LogP contribution is -2.29. The Morgan fingerprint density at radius 3 is 2.34 bits per heavy atom. The van der Waals surface area contributed by atoms with Crippen LogP contribution in [0.15, 0.2) is 71.6 Å². The molecule has 0 saturated carbocycles. The van der Waals surface area contributed by atoms with Gasteiger partial charge in [0.05, 0.1) is 12.2 Å². The molecule has 182 valence electrons. The van der Waals surface area contributed by atoms with E-state index in [4.69, 9.17) is 4.74 Å². The molecule has 0 aliphatic carbocycles. The van der Waals surface area contributed by atoms with Crippen molar-refractivity contribution in [2.24, 2.45) is 0 Å². The lowest BCUT2D eigenvalue weighted by molar-refractivity contribution is -0.132. The third kappa shape index (κ3) is 5.17. The number of thiophene rings is 1. The number of hydrogen-bond acceptors (Lipinski definition) is 5. The van der Waals surface area contributed by atoms with Crippen molar-refractivity contribution in [2.45, 2.75) is 52.0 Å². The summed E-state index contributed by atoms with van der Waals surface area (Å²) in [6.45, 7) is 6.99. The van der Waals surface area contributed by atoms with Crippen LogP contribution in [0.4, 0.5) is 5.69 Å². The number of carbonyl (C=O) groups is 2. The van der Waals surface area contributed by atoms with Crippen LogP contribution in [-0.2, 0) is 9.59 Å². The van der Waals surface area contributed by atoms with Crippen LogP contribution in [0.3, 0.4) is 0 Å². The van der Waals surface area contributed by atoms with Gasteiger partial charge in [-0.2, -0.15) is 0 Å². The molecule has 4 rings (SSSR count). The number of carbonyl (C=O) groups excluding carboxylic acids is 2. The molecule has 1 saturated heterocycles. The molecule has 1 atom stereocenters. The average molecular weight is 490 g/mol. The fraction of sp³-hybridized carbons (Fsp3) is 0.310. The SMILES string of the molecule is CCCCCOc1ccc(/C(O)=C2/C(=O)C(=O)N(c3ccc(C(C)C)cc3)C2c2cccs2)cc1. The van der Waals surface area contributed by atoms with Crippen LogP contribution in [0.25, 0.3) is 5.76 Å². The Bertz CT molecular complexity index is 1190. The van der Waals surface area contributed by atoms with Gasteiger partial charge in [0.25, 0.3) is 11.7 Å². The van der Waals surface area contributed by atoms with Gasteiger partial charge < -0.3 is 9.84 Å². The lowest BCUT2D eigenvalue weighted by atomic mass is 9.99. The van der Waals surface area contributed by atoms with E-state index in [0.29, 0.717) is 29.5 Å². The first-order valence-corrected chi connectivity index (χ1v) is 13.0. The molecule has 35 heavy (non-hydrogen) atoms.